The van der Waals surface area contributed by atoms with E-state index in [2.05, 4.69) is 4.74 Å². The van der Waals surface area contributed by atoms with E-state index in [4.69, 9.17) is 0 Å². The maximum absolute atomic E-state index is 11.9. The van der Waals surface area contributed by atoms with Gasteiger partial charge in [-0.1, -0.05) is 12.1 Å². The summed E-state index contributed by atoms with van der Waals surface area (Å²) in [5.74, 6) is -0.876. The molecule has 0 radical (unpaired) electrons. The van der Waals surface area contributed by atoms with E-state index < -0.39 is 22.0 Å². The molecular formula is C10H9NO5S. The van der Waals surface area contributed by atoms with Crippen LogP contribution in [0.25, 0.3) is 0 Å². The van der Waals surface area contributed by atoms with E-state index >= 15 is 0 Å². The zero-order valence-electron chi connectivity index (χ0n) is 8.91. The average Bonchev–Trinajstić information content (AvgIpc) is 2.48. The first-order chi connectivity index (χ1) is 8.00. The van der Waals surface area contributed by atoms with Crippen molar-refractivity contribution in [3.63, 3.8) is 0 Å². The SMILES string of the molecule is CCOC(=O)N1C(=O)c2ccccc2S1(=O)=O. The zero-order valence-corrected chi connectivity index (χ0v) is 9.73. The van der Waals surface area contributed by atoms with E-state index in [-0.39, 0.29) is 21.4 Å². The van der Waals surface area contributed by atoms with Crippen molar-refractivity contribution in [2.75, 3.05) is 6.61 Å². The lowest BCUT2D eigenvalue weighted by atomic mass is 10.2. The van der Waals surface area contributed by atoms with Gasteiger partial charge >= 0.3 is 6.09 Å². The molecule has 0 aliphatic carbocycles. The first kappa shape index (κ1) is 11.6. The lowest BCUT2D eigenvalue weighted by Crippen LogP contribution is -2.36. The van der Waals surface area contributed by atoms with Crippen LogP contribution in [-0.2, 0) is 14.8 Å². The predicted octanol–water partition coefficient (Wildman–Crippen LogP) is 0.988. The maximum Gasteiger partial charge on any atom is 0.431 e. The van der Waals surface area contributed by atoms with Gasteiger partial charge in [-0.2, -0.15) is 0 Å². The summed E-state index contributed by atoms with van der Waals surface area (Å²) in [5, 5.41) is 0. The fourth-order valence-corrected chi connectivity index (χ4v) is 2.99. The number of rotatable bonds is 1. The number of benzene rings is 1. The number of hydrogen-bond donors (Lipinski definition) is 0. The van der Waals surface area contributed by atoms with Gasteiger partial charge in [-0.25, -0.2) is 13.2 Å². The molecule has 17 heavy (non-hydrogen) atoms. The highest BCUT2D eigenvalue weighted by Gasteiger charge is 2.46. The minimum absolute atomic E-state index is 0.00548. The van der Waals surface area contributed by atoms with Crippen LogP contribution in [0.5, 0.6) is 0 Å². The normalized spacial score (nSPS) is 16.8. The molecule has 0 aromatic heterocycles. The smallest absolute Gasteiger partial charge is 0.431 e. The van der Waals surface area contributed by atoms with Gasteiger partial charge in [0.1, 0.15) is 4.90 Å². The van der Waals surface area contributed by atoms with Crippen molar-refractivity contribution in [2.24, 2.45) is 0 Å². The Morgan fingerprint density at radius 2 is 2.00 bits per heavy atom. The van der Waals surface area contributed by atoms with Gasteiger partial charge in [-0.15, -0.1) is 4.31 Å². The van der Waals surface area contributed by atoms with Crippen molar-refractivity contribution >= 4 is 22.0 Å². The number of carbonyl (C=O) groups excluding carboxylic acids is 2. The van der Waals surface area contributed by atoms with Crippen LogP contribution < -0.4 is 0 Å². The molecule has 0 saturated heterocycles. The van der Waals surface area contributed by atoms with Crippen LogP contribution in [0.2, 0.25) is 0 Å². The van der Waals surface area contributed by atoms with E-state index in [1.165, 1.54) is 31.2 Å². The number of amides is 2. The maximum atomic E-state index is 11.9. The minimum atomic E-state index is -4.11. The second-order valence-electron chi connectivity index (χ2n) is 3.27. The monoisotopic (exact) mass is 255 g/mol. The predicted molar refractivity (Wildman–Crippen MR) is 56.8 cm³/mol. The molecule has 7 heteroatoms. The molecule has 2 amide bonds. The largest absolute Gasteiger partial charge is 0.449 e. The summed E-state index contributed by atoms with van der Waals surface area (Å²) >= 11 is 0. The van der Waals surface area contributed by atoms with Crippen LogP contribution >= 0.6 is 0 Å². The molecule has 0 bridgehead atoms. The van der Waals surface area contributed by atoms with Gasteiger partial charge in [0.25, 0.3) is 15.9 Å². The summed E-state index contributed by atoms with van der Waals surface area (Å²) in [6.07, 6.45) is -1.17. The Morgan fingerprint density at radius 1 is 1.35 bits per heavy atom. The van der Waals surface area contributed by atoms with Gasteiger partial charge in [-0.3, -0.25) is 4.79 Å². The van der Waals surface area contributed by atoms with E-state index in [9.17, 15) is 18.0 Å². The highest BCUT2D eigenvalue weighted by Crippen LogP contribution is 2.30. The molecule has 2 rings (SSSR count). The molecule has 6 nitrogen and oxygen atoms in total. The van der Waals surface area contributed by atoms with E-state index in [1.54, 1.807) is 0 Å². The molecule has 0 spiro atoms. The Labute approximate surface area is 97.8 Å². The molecule has 1 aliphatic rings. The van der Waals surface area contributed by atoms with Gasteiger partial charge < -0.3 is 4.74 Å². The van der Waals surface area contributed by atoms with Crippen molar-refractivity contribution in [3.05, 3.63) is 29.8 Å². The number of ether oxygens (including phenoxy) is 1. The lowest BCUT2D eigenvalue weighted by molar-refractivity contribution is 0.0816. The summed E-state index contributed by atoms with van der Waals surface area (Å²) in [5.41, 5.74) is -0.0134. The third kappa shape index (κ3) is 1.59. The number of nitrogens with zero attached hydrogens (tertiary/aromatic N) is 1. The molecule has 1 aliphatic heterocycles. The van der Waals surface area contributed by atoms with Crippen molar-refractivity contribution in [1.29, 1.82) is 0 Å². The molecule has 1 aromatic rings. The Bertz CT molecular complexity index is 592. The third-order valence-corrected chi connectivity index (χ3v) is 3.96. The van der Waals surface area contributed by atoms with E-state index in [0.717, 1.165) is 0 Å². The van der Waals surface area contributed by atoms with Gasteiger partial charge in [0.05, 0.1) is 12.2 Å². The third-order valence-electron chi connectivity index (χ3n) is 2.25. The lowest BCUT2D eigenvalue weighted by Gasteiger charge is -2.11. The van der Waals surface area contributed by atoms with Gasteiger partial charge in [-0.05, 0) is 19.1 Å². The quantitative estimate of drug-likeness (QED) is 0.747. The standard InChI is InChI=1S/C10H9NO5S/c1-2-16-10(13)11-9(12)7-5-3-4-6-8(7)17(11,14)15/h3-6H,2H2,1H3. The number of sulfonamides is 1. The second kappa shape index (κ2) is 3.85. The number of hydrogen-bond acceptors (Lipinski definition) is 5. The highest BCUT2D eigenvalue weighted by atomic mass is 32.2. The Hall–Kier alpha value is -1.89. The van der Waals surface area contributed by atoms with Crippen LogP contribution in [0.3, 0.4) is 0 Å². The van der Waals surface area contributed by atoms with Crippen molar-refractivity contribution < 1.29 is 22.7 Å². The van der Waals surface area contributed by atoms with E-state index in [1.807, 2.05) is 0 Å². The molecular weight excluding hydrogens is 246 g/mol. The summed E-state index contributed by atoms with van der Waals surface area (Å²) in [6, 6.07) is 5.65. The molecule has 0 atom stereocenters. The Morgan fingerprint density at radius 3 is 2.59 bits per heavy atom. The summed E-state index contributed by atoms with van der Waals surface area (Å²) in [4.78, 5) is 23.0. The first-order valence-corrected chi connectivity index (χ1v) is 6.29. The van der Waals surface area contributed by atoms with Crippen LogP contribution in [0.1, 0.15) is 17.3 Å². The molecule has 0 N–H and O–H groups in total. The highest BCUT2D eigenvalue weighted by molar-refractivity contribution is 7.90. The van der Waals surface area contributed by atoms with Crippen LogP contribution in [0.4, 0.5) is 4.79 Å². The van der Waals surface area contributed by atoms with Crippen LogP contribution in [0.15, 0.2) is 29.2 Å². The van der Waals surface area contributed by atoms with Crippen molar-refractivity contribution in [3.8, 4) is 0 Å². The van der Waals surface area contributed by atoms with Gasteiger partial charge in [0.15, 0.2) is 0 Å². The fraction of sp³-hybridized carbons (Fsp3) is 0.200. The molecule has 90 valence electrons. The molecule has 1 heterocycles. The molecule has 0 saturated carbocycles. The Kier molecular flexibility index (Phi) is 2.62. The van der Waals surface area contributed by atoms with Gasteiger partial charge in [0.2, 0.25) is 0 Å². The van der Waals surface area contributed by atoms with Gasteiger partial charge in [0, 0.05) is 0 Å². The van der Waals surface area contributed by atoms with Crippen molar-refractivity contribution in [2.45, 2.75) is 11.8 Å². The minimum Gasteiger partial charge on any atom is -0.449 e. The van der Waals surface area contributed by atoms with Crippen LogP contribution in [0, 0.1) is 0 Å². The second-order valence-corrected chi connectivity index (χ2v) is 5.02. The number of carbonyl (C=O) groups is 2. The zero-order chi connectivity index (χ0) is 12.6. The number of fused-ring (bicyclic) bond motifs is 1. The summed E-state index contributed by atoms with van der Waals surface area (Å²) < 4.78 is 28.5. The molecule has 0 fully saturated rings. The van der Waals surface area contributed by atoms with Crippen molar-refractivity contribution in [1.82, 2.24) is 4.31 Å². The van der Waals surface area contributed by atoms with Crippen LogP contribution in [-0.4, -0.2) is 31.3 Å². The molecule has 0 unspecified atom stereocenters. The molecule has 1 aromatic carbocycles. The number of imide groups is 1. The Balaban J connectivity index is 2.55. The van der Waals surface area contributed by atoms with E-state index in [0.29, 0.717) is 0 Å². The first-order valence-electron chi connectivity index (χ1n) is 4.85. The summed E-state index contributed by atoms with van der Waals surface area (Å²) in [6.45, 7) is 1.52. The topological polar surface area (TPSA) is 80.8 Å². The fourth-order valence-electron chi connectivity index (χ4n) is 1.55. The average molecular weight is 255 g/mol. The summed E-state index contributed by atoms with van der Waals surface area (Å²) in [7, 11) is -4.11.